The van der Waals surface area contributed by atoms with Crippen LogP contribution in [0.3, 0.4) is 0 Å². The SMILES string of the molecule is COc1cccc2c(CCC(=O)O)c(-c3ccccc3)[nH]c12. The molecule has 0 fully saturated rings. The number of aromatic amines is 1. The van der Waals surface area contributed by atoms with Crippen molar-refractivity contribution in [1.82, 2.24) is 4.98 Å². The maximum atomic E-state index is 11.0. The van der Waals surface area contributed by atoms with Crippen molar-refractivity contribution in [2.75, 3.05) is 7.11 Å². The fourth-order valence-electron chi connectivity index (χ4n) is 2.76. The Morgan fingerprint density at radius 2 is 1.91 bits per heavy atom. The van der Waals surface area contributed by atoms with Crippen LogP contribution in [-0.2, 0) is 11.2 Å². The summed E-state index contributed by atoms with van der Waals surface area (Å²) in [5.41, 5.74) is 3.93. The second-order valence-electron chi connectivity index (χ2n) is 5.12. The highest BCUT2D eigenvalue weighted by Crippen LogP contribution is 2.35. The number of hydrogen-bond acceptors (Lipinski definition) is 2. The van der Waals surface area contributed by atoms with Crippen molar-refractivity contribution < 1.29 is 14.6 Å². The van der Waals surface area contributed by atoms with E-state index in [1.807, 2.05) is 48.5 Å². The van der Waals surface area contributed by atoms with Crippen LogP contribution in [0.1, 0.15) is 12.0 Å². The van der Waals surface area contributed by atoms with Gasteiger partial charge in [0.2, 0.25) is 0 Å². The Bertz CT molecular complexity index is 806. The van der Waals surface area contributed by atoms with E-state index in [0.717, 1.165) is 33.5 Å². The molecule has 0 aliphatic heterocycles. The highest BCUT2D eigenvalue weighted by atomic mass is 16.5. The third-order valence-electron chi connectivity index (χ3n) is 3.77. The third-order valence-corrected chi connectivity index (χ3v) is 3.77. The van der Waals surface area contributed by atoms with E-state index < -0.39 is 5.97 Å². The number of hydrogen-bond donors (Lipinski definition) is 2. The largest absolute Gasteiger partial charge is 0.495 e. The molecule has 2 N–H and O–H groups in total. The third kappa shape index (κ3) is 2.55. The Kier molecular flexibility index (Phi) is 3.83. The zero-order valence-electron chi connectivity index (χ0n) is 12.3. The van der Waals surface area contributed by atoms with Crippen LogP contribution in [0.25, 0.3) is 22.2 Å². The van der Waals surface area contributed by atoms with Crippen LogP contribution in [-0.4, -0.2) is 23.2 Å². The zero-order valence-corrected chi connectivity index (χ0v) is 12.3. The number of H-pyrrole nitrogens is 1. The number of fused-ring (bicyclic) bond motifs is 1. The molecule has 112 valence electrons. The molecule has 0 spiro atoms. The summed E-state index contributed by atoms with van der Waals surface area (Å²) in [6.45, 7) is 0. The summed E-state index contributed by atoms with van der Waals surface area (Å²) in [6.07, 6.45) is 0.580. The molecule has 0 saturated carbocycles. The van der Waals surface area contributed by atoms with E-state index in [2.05, 4.69) is 4.98 Å². The summed E-state index contributed by atoms with van der Waals surface area (Å²) in [5.74, 6) is -0.0347. The van der Waals surface area contributed by atoms with Crippen LogP contribution in [0.5, 0.6) is 5.75 Å². The topological polar surface area (TPSA) is 62.3 Å². The monoisotopic (exact) mass is 295 g/mol. The van der Waals surface area contributed by atoms with Gasteiger partial charge in [0.05, 0.1) is 12.6 Å². The molecule has 0 unspecified atom stereocenters. The summed E-state index contributed by atoms with van der Waals surface area (Å²) in [7, 11) is 1.63. The number of aromatic nitrogens is 1. The molecule has 1 heterocycles. The van der Waals surface area contributed by atoms with E-state index >= 15 is 0 Å². The molecular formula is C18H17NO3. The summed E-state index contributed by atoms with van der Waals surface area (Å²) < 4.78 is 5.41. The van der Waals surface area contributed by atoms with Gasteiger partial charge in [-0.1, -0.05) is 42.5 Å². The van der Waals surface area contributed by atoms with Crippen LogP contribution in [0.2, 0.25) is 0 Å². The van der Waals surface area contributed by atoms with Gasteiger partial charge in [-0.25, -0.2) is 0 Å². The van der Waals surface area contributed by atoms with E-state index in [0.29, 0.717) is 6.42 Å². The van der Waals surface area contributed by atoms with E-state index in [-0.39, 0.29) is 6.42 Å². The van der Waals surface area contributed by atoms with Gasteiger partial charge in [-0.15, -0.1) is 0 Å². The second kappa shape index (κ2) is 5.93. The lowest BCUT2D eigenvalue weighted by molar-refractivity contribution is -0.136. The molecule has 4 nitrogen and oxygen atoms in total. The average molecular weight is 295 g/mol. The first-order chi connectivity index (χ1) is 10.7. The first-order valence-electron chi connectivity index (χ1n) is 7.15. The van der Waals surface area contributed by atoms with Crippen LogP contribution in [0, 0.1) is 0 Å². The van der Waals surface area contributed by atoms with Gasteiger partial charge in [0, 0.05) is 17.5 Å². The van der Waals surface area contributed by atoms with Gasteiger partial charge in [-0.05, 0) is 23.6 Å². The number of aryl methyl sites for hydroxylation is 1. The van der Waals surface area contributed by atoms with Crippen molar-refractivity contribution in [1.29, 1.82) is 0 Å². The van der Waals surface area contributed by atoms with Crippen LogP contribution in [0.4, 0.5) is 0 Å². The Morgan fingerprint density at radius 1 is 1.14 bits per heavy atom. The van der Waals surface area contributed by atoms with E-state index in [1.165, 1.54) is 0 Å². The highest BCUT2D eigenvalue weighted by molar-refractivity contribution is 5.94. The van der Waals surface area contributed by atoms with Gasteiger partial charge < -0.3 is 14.8 Å². The number of ether oxygens (including phenoxy) is 1. The number of rotatable bonds is 5. The van der Waals surface area contributed by atoms with Crippen molar-refractivity contribution in [2.45, 2.75) is 12.8 Å². The standard InChI is InChI=1S/C18H17NO3/c1-22-15-9-5-8-13-14(10-11-16(20)21)17(19-18(13)15)12-6-3-2-4-7-12/h2-9,19H,10-11H2,1H3,(H,20,21). The molecule has 0 radical (unpaired) electrons. The number of carbonyl (C=O) groups is 1. The number of carboxylic acid groups (broad SMARTS) is 1. The summed E-state index contributed by atoms with van der Waals surface area (Å²) in [4.78, 5) is 14.4. The molecule has 0 aliphatic rings. The number of carboxylic acids is 1. The maximum Gasteiger partial charge on any atom is 0.303 e. The minimum atomic E-state index is -0.795. The van der Waals surface area contributed by atoms with Gasteiger partial charge in [-0.2, -0.15) is 0 Å². The minimum Gasteiger partial charge on any atom is -0.495 e. The Hall–Kier alpha value is -2.75. The predicted octanol–water partition coefficient (Wildman–Crippen LogP) is 3.86. The summed E-state index contributed by atoms with van der Waals surface area (Å²) in [5, 5.41) is 10.0. The molecule has 0 atom stereocenters. The average Bonchev–Trinajstić information content (AvgIpc) is 2.92. The second-order valence-corrected chi connectivity index (χ2v) is 5.12. The molecule has 0 saturated heterocycles. The van der Waals surface area contributed by atoms with Gasteiger partial charge in [0.25, 0.3) is 0 Å². The Balaban J connectivity index is 2.20. The van der Waals surface area contributed by atoms with Crippen molar-refractivity contribution >= 4 is 16.9 Å². The smallest absolute Gasteiger partial charge is 0.303 e. The normalized spacial score (nSPS) is 10.8. The molecular weight excluding hydrogens is 278 g/mol. The maximum absolute atomic E-state index is 11.0. The van der Waals surface area contributed by atoms with E-state index in [1.54, 1.807) is 7.11 Å². The fourth-order valence-corrected chi connectivity index (χ4v) is 2.76. The van der Waals surface area contributed by atoms with Crippen molar-refractivity contribution in [3.05, 3.63) is 54.1 Å². The molecule has 0 aliphatic carbocycles. The molecule has 4 heteroatoms. The van der Waals surface area contributed by atoms with Crippen molar-refractivity contribution in [3.63, 3.8) is 0 Å². The lowest BCUT2D eigenvalue weighted by atomic mass is 10.0. The molecule has 1 aromatic heterocycles. The van der Waals surface area contributed by atoms with E-state index in [9.17, 15) is 4.79 Å². The Labute approximate surface area is 128 Å². The number of methoxy groups -OCH3 is 1. The number of benzene rings is 2. The number of nitrogens with one attached hydrogen (secondary N) is 1. The minimum absolute atomic E-state index is 0.101. The van der Waals surface area contributed by atoms with Gasteiger partial charge in [0.15, 0.2) is 0 Å². The quantitative estimate of drug-likeness (QED) is 0.751. The summed E-state index contributed by atoms with van der Waals surface area (Å²) >= 11 is 0. The molecule has 3 aromatic rings. The molecule has 22 heavy (non-hydrogen) atoms. The zero-order chi connectivity index (χ0) is 15.5. The lowest BCUT2D eigenvalue weighted by Crippen LogP contribution is -1.98. The molecule has 0 amide bonds. The highest BCUT2D eigenvalue weighted by Gasteiger charge is 2.16. The predicted molar refractivity (Wildman–Crippen MR) is 86.2 cm³/mol. The number of aliphatic carboxylic acids is 1. The Morgan fingerprint density at radius 3 is 2.59 bits per heavy atom. The fraction of sp³-hybridized carbons (Fsp3) is 0.167. The van der Waals surface area contributed by atoms with Crippen molar-refractivity contribution in [2.24, 2.45) is 0 Å². The van der Waals surface area contributed by atoms with Crippen LogP contribution in [0.15, 0.2) is 48.5 Å². The van der Waals surface area contributed by atoms with E-state index in [4.69, 9.17) is 9.84 Å². The van der Waals surface area contributed by atoms with Gasteiger partial charge in [-0.3, -0.25) is 4.79 Å². The van der Waals surface area contributed by atoms with Gasteiger partial charge >= 0.3 is 5.97 Å². The van der Waals surface area contributed by atoms with Crippen LogP contribution >= 0.6 is 0 Å². The summed E-state index contributed by atoms with van der Waals surface area (Å²) in [6, 6.07) is 15.8. The first kappa shape index (κ1) is 14.2. The molecule has 3 rings (SSSR count). The number of para-hydroxylation sites is 1. The molecule has 0 bridgehead atoms. The first-order valence-corrected chi connectivity index (χ1v) is 7.15. The lowest BCUT2D eigenvalue weighted by Gasteiger charge is -2.04. The molecule has 2 aromatic carbocycles. The van der Waals surface area contributed by atoms with Crippen LogP contribution < -0.4 is 4.74 Å². The van der Waals surface area contributed by atoms with Crippen molar-refractivity contribution in [3.8, 4) is 17.0 Å². The van der Waals surface area contributed by atoms with Gasteiger partial charge in [0.1, 0.15) is 5.75 Å².